The summed E-state index contributed by atoms with van der Waals surface area (Å²) in [5, 5.41) is 8.25. The number of nitrogens with one attached hydrogen (secondary N) is 1. The highest BCUT2D eigenvalue weighted by Crippen LogP contribution is 2.31. The van der Waals surface area contributed by atoms with Crippen LogP contribution >= 0.6 is 22.9 Å². The first-order valence-electron chi connectivity index (χ1n) is 10.7. The topological polar surface area (TPSA) is 34.0 Å². The summed E-state index contributed by atoms with van der Waals surface area (Å²) in [4.78, 5) is 12.4. The van der Waals surface area contributed by atoms with Crippen LogP contribution in [0.1, 0.15) is 27.0 Å². The molecule has 5 rings (SSSR count). The molecule has 0 saturated carbocycles. The molecule has 0 saturated heterocycles. The Labute approximate surface area is 201 Å². The quantitative estimate of drug-likeness (QED) is 0.278. The van der Waals surface area contributed by atoms with E-state index in [1.807, 2.05) is 42.5 Å². The summed E-state index contributed by atoms with van der Waals surface area (Å²) in [7, 11) is 0. The van der Waals surface area contributed by atoms with Crippen LogP contribution in [0.15, 0.2) is 78.3 Å². The molecule has 5 heteroatoms. The molecule has 0 atom stereocenters. The van der Waals surface area contributed by atoms with Crippen molar-refractivity contribution in [2.45, 2.75) is 19.5 Å². The van der Waals surface area contributed by atoms with E-state index >= 15 is 0 Å². The molecule has 0 radical (unpaired) electrons. The zero-order chi connectivity index (χ0) is 22.8. The molecule has 0 spiro atoms. The van der Waals surface area contributed by atoms with Crippen molar-refractivity contribution in [3.05, 3.63) is 106 Å². The zero-order valence-electron chi connectivity index (χ0n) is 17.8. The van der Waals surface area contributed by atoms with Crippen LogP contribution < -0.4 is 5.32 Å². The second-order valence-corrected chi connectivity index (χ2v) is 9.31. The van der Waals surface area contributed by atoms with E-state index in [1.165, 1.54) is 15.6 Å². The maximum atomic E-state index is 12.4. The van der Waals surface area contributed by atoms with Crippen molar-refractivity contribution in [3.63, 3.8) is 0 Å². The number of carbonyl (C=O) groups excluding carboxylic acids is 1. The first-order valence-corrected chi connectivity index (χ1v) is 11.9. The monoisotopic (exact) mass is 468 g/mol. The third-order valence-corrected chi connectivity index (χ3v) is 7.01. The number of nitrogens with zero attached hydrogens (tertiary/aromatic N) is 1. The zero-order valence-corrected chi connectivity index (χ0v) is 19.4. The average Bonchev–Trinajstić information content (AvgIpc) is 3.39. The Kier molecular flexibility index (Phi) is 5.92. The van der Waals surface area contributed by atoms with Crippen molar-refractivity contribution in [2.75, 3.05) is 0 Å². The van der Waals surface area contributed by atoms with E-state index in [-0.39, 0.29) is 5.91 Å². The molecule has 0 aliphatic carbocycles. The van der Waals surface area contributed by atoms with Gasteiger partial charge in [0.1, 0.15) is 0 Å². The van der Waals surface area contributed by atoms with Gasteiger partial charge in [-0.1, -0.05) is 35.9 Å². The molecule has 0 aliphatic heterocycles. The molecule has 5 aromatic rings. The Balaban J connectivity index is 1.44. The van der Waals surface area contributed by atoms with Crippen LogP contribution in [0.4, 0.5) is 0 Å². The molecule has 1 N–H and O–H groups in total. The SMILES string of the molecule is C#CCc1cn(Cc2csc3ccc(Cl)cc23)c2ccc(CNC(=O)c3ccccc3)cc12. The summed E-state index contributed by atoms with van der Waals surface area (Å²) in [6, 6.07) is 21.6. The normalized spacial score (nSPS) is 11.0. The Hall–Kier alpha value is -3.52. The number of halogens is 1. The van der Waals surface area contributed by atoms with Crippen LogP contribution in [0.2, 0.25) is 5.02 Å². The van der Waals surface area contributed by atoms with E-state index in [9.17, 15) is 4.79 Å². The second-order valence-electron chi connectivity index (χ2n) is 7.96. The van der Waals surface area contributed by atoms with E-state index in [2.05, 4.69) is 51.6 Å². The number of amides is 1. The Morgan fingerprint density at radius 2 is 1.88 bits per heavy atom. The molecule has 1 amide bonds. The minimum absolute atomic E-state index is 0.0832. The molecule has 0 bridgehead atoms. The number of carbonyl (C=O) groups is 1. The van der Waals surface area contributed by atoms with Gasteiger partial charge in [-0.05, 0) is 69.9 Å². The number of rotatable bonds is 6. The van der Waals surface area contributed by atoms with Crippen LogP contribution in [0, 0.1) is 12.3 Å². The third kappa shape index (κ3) is 4.39. The van der Waals surface area contributed by atoms with Crippen molar-refractivity contribution in [2.24, 2.45) is 0 Å². The largest absolute Gasteiger partial charge is 0.348 e. The number of fused-ring (bicyclic) bond motifs is 2. The lowest BCUT2D eigenvalue weighted by atomic mass is 10.1. The van der Waals surface area contributed by atoms with Crippen LogP contribution in [-0.4, -0.2) is 10.5 Å². The summed E-state index contributed by atoms with van der Waals surface area (Å²) in [5.41, 5.74) is 5.17. The predicted molar refractivity (Wildman–Crippen MR) is 138 cm³/mol. The summed E-state index contributed by atoms with van der Waals surface area (Å²) >= 11 is 7.97. The molecule has 3 aromatic carbocycles. The van der Waals surface area contributed by atoms with Crippen molar-refractivity contribution >= 4 is 49.8 Å². The highest BCUT2D eigenvalue weighted by Gasteiger charge is 2.12. The van der Waals surface area contributed by atoms with Gasteiger partial charge in [0.05, 0.1) is 0 Å². The van der Waals surface area contributed by atoms with E-state index < -0.39 is 0 Å². The maximum Gasteiger partial charge on any atom is 0.251 e. The number of terminal acetylenes is 1. The van der Waals surface area contributed by atoms with Gasteiger partial charge in [-0.25, -0.2) is 0 Å². The minimum Gasteiger partial charge on any atom is -0.348 e. The number of aromatic nitrogens is 1. The lowest BCUT2D eigenvalue weighted by Gasteiger charge is -2.08. The first kappa shape index (κ1) is 21.3. The molecule has 0 fully saturated rings. The fourth-order valence-corrected chi connectivity index (χ4v) is 5.25. The fourth-order valence-electron chi connectivity index (χ4n) is 4.14. The predicted octanol–water partition coefficient (Wildman–Crippen LogP) is 6.66. The number of hydrogen-bond donors (Lipinski definition) is 1. The summed E-state index contributed by atoms with van der Waals surface area (Å²) in [6.45, 7) is 1.20. The van der Waals surface area contributed by atoms with Gasteiger partial charge < -0.3 is 9.88 Å². The number of benzene rings is 3. The smallest absolute Gasteiger partial charge is 0.251 e. The Bertz CT molecular complexity index is 1510. The lowest BCUT2D eigenvalue weighted by molar-refractivity contribution is 0.0951. The van der Waals surface area contributed by atoms with E-state index in [0.717, 1.165) is 33.6 Å². The third-order valence-electron chi connectivity index (χ3n) is 5.77. The second kappa shape index (κ2) is 9.15. The van der Waals surface area contributed by atoms with Gasteiger partial charge in [0.25, 0.3) is 5.91 Å². The molecule has 33 heavy (non-hydrogen) atoms. The molecule has 162 valence electrons. The highest BCUT2D eigenvalue weighted by molar-refractivity contribution is 7.17. The summed E-state index contributed by atoms with van der Waals surface area (Å²) < 4.78 is 3.47. The molecular formula is C28H21ClN2OS. The highest BCUT2D eigenvalue weighted by atomic mass is 35.5. The van der Waals surface area contributed by atoms with Crippen molar-refractivity contribution in [1.29, 1.82) is 0 Å². The van der Waals surface area contributed by atoms with Gasteiger partial charge >= 0.3 is 0 Å². The van der Waals surface area contributed by atoms with E-state index in [4.69, 9.17) is 18.0 Å². The maximum absolute atomic E-state index is 12.4. The van der Waals surface area contributed by atoms with Crippen molar-refractivity contribution in [1.82, 2.24) is 9.88 Å². The fraction of sp³-hybridized carbons (Fsp3) is 0.107. The molecule has 0 aliphatic rings. The molecule has 0 unspecified atom stereocenters. The Morgan fingerprint density at radius 1 is 1.03 bits per heavy atom. The lowest BCUT2D eigenvalue weighted by Crippen LogP contribution is -2.22. The molecular weight excluding hydrogens is 448 g/mol. The minimum atomic E-state index is -0.0832. The van der Waals surface area contributed by atoms with Crippen molar-refractivity contribution in [3.8, 4) is 12.3 Å². The summed E-state index contributed by atoms with van der Waals surface area (Å²) in [5.74, 6) is 2.69. The van der Waals surface area contributed by atoms with Crippen LogP contribution in [0.25, 0.3) is 21.0 Å². The van der Waals surface area contributed by atoms with Gasteiger partial charge in [0.15, 0.2) is 0 Å². The van der Waals surface area contributed by atoms with Gasteiger partial charge in [0.2, 0.25) is 0 Å². The van der Waals surface area contributed by atoms with Gasteiger partial charge in [0, 0.05) is 51.9 Å². The molecule has 2 heterocycles. The van der Waals surface area contributed by atoms with Crippen LogP contribution in [0.3, 0.4) is 0 Å². The van der Waals surface area contributed by atoms with Gasteiger partial charge in [-0.2, -0.15) is 0 Å². The average molecular weight is 469 g/mol. The van der Waals surface area contributed by atoms with Gasteiger partial charge in [-0.3, -0.25) is 4.79 Å². The van der Waals surface area contributed by atoms with Crippen molar-refractivity contribution < 1.29 is 4.79 Å². The number of thiophene rings is 1. The molecule has 2 aromatic heterocycles. The van der Waals surface area contributed by atoms with Gasteiger partial charge in [-0.15, -0.1) is 23.7 Å². The van der Waals surface area contributed by atoms with E-state index in [1.54, 1.807) is 11.3 Å². The standard InChI is InChI=1S/C28H21ClN2OS/c1-2-6-21-16-31(17-22-18-33-27-12-10-23(29)14-25(22)27)26-11-9-19(13-24(21)26)15-30-28(32)20-7-4-3-5-8-20/h1,3-5,7-14,16,18H,6,15,17H2,(H,30,32). The summed E-state index contributed by atoms with van der Waals surface area (Å²) in [6.07, 6.45) is 8.36. The van der Waals surface area contributed by atoms with E-state index in [0.29, 0.717) is 18.5 Å². The first-order chi connectivity index (χ1) is 16.1. The number of hydrogen-bond acceptors (Lipinski definition) is 2. The van der Waals surface area contributed by atoms with Crippen LogP contribution in [0.5, 0.6) is 0 Å². The van der Waals surface area contributed by atoms with Crippen LogP contribution in [-0.2, 0) is 19.5 Å². The Morgan fingerprint density at radius 3 is 2.70 bits per heavy atom. The molecule has 3 nitrogen and oxygen atoms in total.